The summed E-state index contributed by atoms with van der Waals surface area (Å²) in [5.74, 6) is 0.843. The number of aromatic nitrogens is 2. The highest BCUT2D eigenvalue weighted by molar-refractivity contribution is 5.82. The van der Waals surface area contributed by atoms with E-state index in [2.05, 4.69) is 40.1 Å². The smallest absolute Gasteiger partial charge is 0.144 e. The molecule has 2 aromatic heterocycles. The van der Waals surface area contributed by atoms with E-state index in [0.29, 0.717) is 0 Å². The van der Waals surface area contributed by atoms with E-state index >= 15 is 0 Å². The second-order valence-electron chi connectivity index (χ2n) is 9.59. The van der Waals surface area contributed by atoms with Crippen LogP contribution >= 0.6 is 0 Å². The van der Waals surface area contributed by atoms with Crippen molar-refractivity contribution in [2.75, 3.05) is 7.11 Å². The Morgan fingerprint density at radius 1 is 0.853 bits per heavy atom. The standard InChI is InChI=1S/C30H45N3O/c1-3-4-5-6-7-8-9-10-11-12-13-14-15-16-18-25-20-22-32-27(25)23-29-30(34-2)24-28(33-29)26-19-17-21-31-26/h17,19-24,31,33H,3-16,18H2,1-2H3. The molecule has 2 N–H and O–H groups in total. The van der Waals surface area contributed by atoms with Gasteiger partial charge in [0.25, 0.3) is 0 Å². The van der Waals surface area contributed by atoms with E-state index in [1.54, 1.807) is 7.11 Å². The van der Waals surface area contributed by atoms with E-state index in [9.17, 15) is 0 Å². The third-order valence-electron chi connectivity index (χ3n) is 6.82. The van der Waals surface area contributed by atoms with Crippen molar-refractivity contribution in [2.45, 2.75) is 103 Å². The van der Waals surface area contributed by atoms with Gasteiger partial charge in [-0.1, -0.05) is 90.4 Å². The number of methoxy groups -OCH3 is 1. The number of H-pyrrole nitrogens is 2. The lowest BCUT2D eigenvalue weighted by Crippen LogP contribution is -1.88. The second kappa shape index (κ2) is 15.4. The molecule has 0 fully saturated rings. The average molecular weight is 464 g/mol. The molecule has 0 bridgehead atoms. The number of allylic oxidation sites excluding steroid dienone is 2. The van der Waals surface area contributed by atoms with Gasteiger partial charge >= 0.3 is 0 Å². The number of aromatic amines is 2. The van der Waals surface area contributed by atoms with E-state index in [4.69, 9.17) is 4.74 Å². The van der Waals surface area contributed by atoms with E-state index in [0.717, 1.165) is 34.9 Å². The van der Waals surface area contributed by atoms with Crippen LogP contribution in [0.15, 0.2) is 46.7 Å². The van der Waals surface area contributed by atoms with E-state index in [1.165, 1.54) is 95.5 Å². The minimum atomic E-state index is 0.843. The van der Waals surface area contributed by atoms with E-state index < -0.39 is 0 Å². The lowest BCUT2D eigenvalue weighted by Gasteiger charge is -2.06. The first-order valence-electron chi connectivity index (χ1n) is 13.7. The topological polar surface area (TPSA) is 53.2 Å². The fraction of sp³-hybridized carbons (Fsp3) is 0.567. The Bertz CT molecular complexity index is 902. The summed E-state index contributed by atoms with van der Waals surface area (Å²) in [6.07, 6.45) is 28.7. The Balaban J connectivity index is 1.30. The molecule has 0 saturated heterocycles. The zero-order chi connectivity index (χ0) is 23.8. The van der Waals surface area contributed by atoms with Gasteiger partial charge in [-0.15, -0.1) is 0 Å². The average Bonchev–Trinajstić information content (AvgIpc) is 3.61. The molecule has 0 amide bonds. The molecule has 4 nitrogen and oxygen atoms in total. The van der Waals surface area contributed by atoms with Gasteiger partial charge in [0, 0.05) is 18.5 Å². The van der Waals surface area contributed by atoms with Crippen LogP contribution in [0.5, 0.6) is 5.75 Å². The zero-order valence-corrected chi connectivity index (χ0v) is 21.5. The van der Waals surface area contributed by atoms with Crippen molar-refractivity contribution in [3.05, 3.63) is 47.4 Å². The van der Waals surface area contributed by atoms with Crippen LogP contribution in [0.2, 0.25) is 0 Å². The van der Waals surface area contributed by atoms with Gasteiger partial charge < -0.3 is 14.7 Å². The molecule has 34 heavy (non-hydrogen) atoms. The molecular formula is C30H45N3O. The fourth-order valence-electron chi connectivity index (χ4n) is 4.73. The van der Waals surface area contributed by atoms with Crippen molar-refractivity contribution < 1.29 is 4.74 Å². The first-order valence-corrected chi connectivity index (χ1v) is 13.7. The molecule has 1 aliphatic rings. The summed E-state index contributed by atoms with van der Waals surface area (Å²) in [5, 5.41) is 0. The summed E-state index contributed by atoms with van der Waals surface area (Å²) < 4.78 is 5.60. The SMILES string of the molecule is CCCCCCCCCCCCCCCCC1=CC=NC1=Cc1[nH]c(-c2ccc[nH]2)cc1OC. The normalized spacial score (nSPS) is 14.3. The number of nitrogens with one attached hydrogen (secondary N) is 2. The van der Waals surface area contributed by atoms with Gasteiger partial charge in [0.15, 0.2) is 0 Å². The molecule has 4 heteroatoms. The molecule has 2 aromatic rings. The predicted molar refractivity (Wildman–Crippen MR) is 147 cm³/mol. The van der Waals surface area contributed by atoms with E-state index in [1.807, 2.05) is 24.5 Å². The Morgan fingerprint density at radius 2 is 1.50 bits per heavy atom. The highest BCUT2D eigenvalue weighted by Crippen LogP contribution is 2.31. The zero-order valence-electron chi connectivity index (χ0n) is 21.5. The molecule has 0 aromatic carbocycles. The van der Waals surface area contributed by atoms with Crippen molar-refractivity contribution >= 4 is 12.3 Å². The van der Waals surface area contributed by atoms with Crippen LogP contribution in [0, 0.1) is 0 Å². The van der Waals surface area contributed by atoms with Crippen LogP contribution in [0.25, 0.3) is 17.5 Å². The van der Waals surface area contributed by atoms with Crippen LogP contribution in [0.4, 0.5) is 0 Å². The predicted octanol–water partition coefficient (Wildman–Crippen LogP) is 9.24. The number of aliphatic imine (C=N–C) groups is 1. The number of rotatable bonds is 18. The summed E-state index contributed by atoms with van der Waals surface area (Å²) in [4.78, 5) is 11.3. The van der Waals surface area contributed by atoms with E-state index in [-0.39, 0.29) is 0 Å². The number of nitrogens with zero attached hydrogens (tertiary/aromatic N) is 1. The van der Waals surface area contributed by atoms with Gasteiger partial charge in [0.1, 0.15) is 5.75 Å². The highest BCUT2D eigenvalue weighted by Gasteiger charge is 2.13. The molecule has 0 atom stereocenters. The van der Waals surface area contributed by atoms with Gasteiger partial charge in [-0.25, -0.2) is 0 Å². The lowest BCUT2D eigenvalue weighted by molar-refractivity contribution is 0.414. The lowest BCUT2D eigenvalue weighted by atomic mass is 10.0. The number of hydrogen-bond acceptors (Lipinski definition) is 2. The summed E-state index contributed by atoms with van der Waals surface area (Å²) in [6, 6.07) is 6.09. The Kier molecular flexibility index (Phi) is 11.8. The van der Waals surface area contributed by atoms with Gasteiger partial charge in [0.05, 0.1) is 29.9 Å². The van der Waals surface area contributed by atoms with Gasteiger partial charge in [-0.05, 0) is 42.7 Å². The molecular weight excluding hydrogens is 418 g/mol. The van der Waals surface area contributed by atoms with Crippen molar-refractivity contribution in [1.29, 1.82) is 0 Å². The Labute approximate surface area is 207 Å². The van der Waals surface area contributed by atoms with Crippen molar-refractivity contribution in [1.82, 2.24) is 9.97 Å². The molecule has 3 heterocycles. The van der Waals surface area contributed by atoms with Crippen LogP contribution in [-0.4, -0.2) is 23.3 Å². The number of ether oxygens (including phenoxy) is 1. The maximum absolute atomic E-state index is 5.60. The summed E-state index contributed by atoms with van der Waals surface area (Å²) >= 11 is 0. The minimum absolute atomic E-state index is 0.843. The van der Waals surface area contributed by atoms with Gasteiger partial charge in [0.2, 0.25) is 0 Å². The van der Waals surface area contributed by atoms with Gasteiger partial charge in [-0.3, -0.25) is 4.99 Å². The molecule has 0 spiro atoms. The third kappa shape index (κ3) is 8.70. The maximum atomic E-state index is 5.60. The molecule has 0 unspecified atom stereocenters. The summed E-state index contributed by atoms with van der Waals surface area (Å²) in [6.45, 7) is 2.29. The van der Waals surface area contributed by atoms with Crippen LogP contribution in [-0.2, 0) is 0 Å². The third-order valence-corrected chi connectivity index (χ3v) is 6.82. The van der Waals surface area contributed by atoms with Crippen LogP contribution in [0.3, 0.4) is 0 Å². The number of unbranched alkanes of at least 4 members (excludes halogenated alkanes) is 13. The quantitative estimate of drug-likeness (QED) is 0.213. The first kappa shape index (κ1) is 26.1. The molecule has 0 aliphatic carbocycles. The fourth-order valence-corrected chi connectivity index (χ4v) is 4.73. The van der Waals surface area contributed by atoms with Crippen molar-refractivity contribution in [3.8, 4) is 17.1 Å². The van der Waals surface area contributed by atoms with Crippen LogP contribution in [0.1, 0.15) is 109 Å². The van der Waals surface area contributed by atoms with Crippen LogP contribution < -0.4 is 4.74 Å². The molecule has 3 rings (SSSR count). The largest absolute Gasteiger partial charge is 0.494 e. The maximum Gasteiger partial charge on any atom is 0.144 e. The van der Waals surface area contributed by atoms with Crippen molar-refractivity contribution in [2.24, 2.45) is 4.99 Å². The monoisotopic (exact) mass is 463 g/mol. The molecule has 0 radical (unpaired) electrons. The molecule has 186 valence electrons. The number of hydrogen-bond donors (Lipinski definition) is 2. The molecule has 0 saturated carbocycles. The minimum Gasteiger partial charge on any atom is -0.494 e. The second-order valence-corrected chi connectivity index (χ2v) is 9.59. The Hall–Kier alpha value is -2.49. The summed E-state index contributed by atoms with van der Waals surface area (Å²) in [5.41, 5.74) is 5.42. The summed E-state index contributed by atoms with van der Waals surface area (Å²) in [7, 11) is 1.72. The highest BCUT2D eigenvalue weighted by atomic mass is 16.5. The van der Waals surface area contributed by atoms with Crippen molar-refractivity contribution in [3.63, 3.8) is 0 Å². The first-order chi connectivity index (χ1) is 16.8. The molecule has 1 aliphatic heterocycles. The Morgan fingerprint density at radius 3 is 2.09 bits per heavy atom. The van der Waals surface area contributed by atoms with Gasteiger partial charge in [-0.2, -0.15) is 0 Å².